The Labute approximate surface area is 105 Å². The molecule has 0 atom stereocenters. The molecule has 0 amide bonds. The van der Waals surface area contributed by atoms with Crippen LogP contribution < -0.4 is 22.3 Å². The van der Waals surface area contributed by atoms with Crippen LogP contribution >= 0.6 is 0 Å². The molecule has 0 aromatic carbocycles. The molecular formula is C12H20N4O2. The van der Waals surface area contributed by atoms with Gasteiger partial charge in [-0.3, -0.25) is 14.3 Å². The molecule has 0 unspecified atom stereocenters. The first kappa shape index (κ1) is 12.7. The first-order valence-electron chi connectivity index (χ1n) is 6.37. The largest absolute Gasteiger partial charge is 0.383 e. The van der Waals surface area contributed by atoms with Gasteiger partial charge in [-0.15, -0.1) is 0 Å². The molecule has 1 heterocycles. The quantitative estimate of drug-likeness (QED) is 0.744. The molecule has 0 saturated heterocycles. The second-order valence-corrected chi connectivity index (χ2v) is 5.16. The SMILES string of the molecule is CCn1c(N)c(NC2(C)CCCC2)c(=O)[nH]c1=O. The Hall–Kier alpha value is -1.72. The summed E-state index contributed by atoms with van der Waals surface area (Å²) in [6.07, 6.45) is 4.32. The van der Waals surface area contributed by atoms with E-state index in [2.05, 4.69) is 17.2 Å². The second-order valence-electron chi connectivity index (χ2n) is 5.16. The Kier molecular flexibility index (Phi) is 3.19. The number of aromatic nitrogens is 2. The summed E-state index contributed by atoms with van der Waals surface area (Å²) in [5.74, 6) is 0.222. The molecule has 0 radical (unpaired) electrons. The fourth-order valence-electron chi connectivity index (χ4n) is 2.60. The summed E-state index contributed by atoms with van der Waals surface area (Å²) in [6.45, 7) is 4.34. The second kappa shape index (κ2) is 4.51. The lowest BCUT2D eigenvalue weighted by atomic mass is 10.0. The van der Waals surface area contributed by atoms with Crippen molar-refractivity contribution in [1.29, 1.82) is 0 Å². The van der Waals surface area contributed by atoms with Crippen LogP contribution in [0.25, 0.3) is 0 Å². The van der Waals surface area contributed by atoms with Crippen LogP contribution in [0.3, 0.4) is 0 Å². The predicted octanol–water partition coefficient (Wildman–Crippen LogP) is 0.883. The number of nitrogens with two attached hydrogens (primary N) is 1. The maximum atomic E-state index is 11.8. The molecule has 0 bridgehead atoms. The van der Waals surface area contributed by atoms with Gasteiger partial charge in [0.05, 0.1) is 0 Å². The number of hydrogen-bond donors (Lipinski definition) is 3. The monoisotopic (exact) mass is 252 g/mol. The Balaban J connectivity index is 2.45. The van der Waals surface area contributed by atoms with Crippen molar-refractivity contribution in [3.05, 3.63) is 20.8 Å². The summed E-state index contributed by atoms with van der Waals surface area (Å²) in [5, 5.41) is 3.23. The van der Waals surface area contributed by atoms with E-state index < -0.39 is 11.2 Å². The van der Waals surface area contributed by atoms with Crippen molar-refractivity contribution in [2.24, 2.45) is 0 Å². The maximum Gasteiger partial charge on any atom is 0.330 e. The molecule has 6 heteroatoms. The molecule has 1 aromatic rings. The van der Waals surface area contributed by atoms with Crippen molar-refractivity contribution in [1.82, 2.24) is 9.55 Å². The highest BCUT2D eigenvalue weighted by molar-refractivity contribution is 5.61. The highest BCUT2D eigenvalue weighted by Gasteiger charge is 2.30. The van der Waals surface area contributed by atoms with E-state index in [9.17, 15) is 9.59 Å². The zero-order valence-electron chi connectivity index (χ0n) is 10.9. The van der Waals surface area contributed by atoms with Crippen LogP contribution in [0.5, 0.6) is 0 Å². The van der Waals surface area contributed by atoms with E-state index in [1.807, 2.05) is 6.92 Å². The van der Waals surface area contributed by atoms with E-state index in [0.717, 1.165) is 25.7 Å². The van der Waals surface area contributed by atoms with E-state index in [4.69, 9.17) is 5.73 Å². The molecule has 0 aliphatic heterocycles. The number of nitrogens with zero attached hydrogens (tertiary/aromatic N) is 1. The molecule has 6 nitrogen and oxygen atoms in total. The highest BCUT2D eigenvalue weighted by Crippen LogP contribution is 2.32. The number of nitrogen functional groups attached to an aromatic ring is 1. The van der Waals surface area contributed by atoms with E-state index in [0.29, 0.717) is 12.2 Å². The zero-order chi connectivity index (χ0) is 13.3. The van der Waals surface area contributed by atoms with E-state index in [1.54, 1.807) is 0 Å². The summed E-state index contributed by atoms with van der Waals surface area (Å²) in [5.41, 5.74) is 5.24. The highest BCUT2D eigenvalue weighted by atomic mass is 16.2. The first-order valence-corrected chi connectivity index (χ1v) is 6.37. The summed E-state index contributed by atoms with van der Waals surface area (Å²) in [6, 6.07) is 0. The molecule has 0 spiro atoms. The Morgan fingerprint density at radius 3 is 2.56 bits per heavy atom. The molecule has 1 aromatic heterocycles. The summed E-state index contributed by atoms with van der Waals surface area (Å²) in [4.78, 5) is 25.7. The van der Waals surface area contributed by atoms with Crippen LogP contribution in [-0.4, -0.2) is 15.1 Å². The molecule has 1 aliphatic carbocycles. The van der Waals surface area contributed by atoms with Crippen LogP contribution in [0.1, 0.15) is 39.5 Å². The first-order chi connectivity index (χ1) is 8.47. The van der Waals surface area contributed by atoms with Crippen LogP contribution in [0.2, 0.25) is 0 Å². The third kappa shape index (κ3) is 2.14. The average Bonchev–Trinajstić information content (AvgIpc) is 2.72. The number of rotatable bonds is 3. The molecule has 1 saturated carbocycles. The van der Waals surface area contributed by atoms with Crippen molar-refractivity contribution >= 4 is 11.5 Å². The molecule has 2 rings (SSSR count). The standard InChI is InChI=1S/C12H20N4O2/c1-3-16-9(13)8(10(17)14-11(16)18)15-12(2)6-4-5-7-12/h15H,3-7,13H2,1-2H3,(H,14,17,18). The molecule has 1 fully saturated rings. The minimum Gasteiger partial charge on any atom is -0.383 e. The number of nitrogens with one attached hydrogen (secondary N) is 2. The van der Waals surface area contributed by atoms with Gasteiger partial charge in [0.1, 0.15) is 11.5 Å². The van der Waals surface area contributed by atoms with Crippen LogP contribution in [0.15, 0.2) is 9.59 Å². The minimum absolute atomic E-state index is 0.100. The number of hydrogen-bond acceptors (Lipinski definition) is 4. The van der Waals surface area contributed by atoms with Crippen molar-refractivity contribution in [3.63, 3.8) is 0 Å². The smallest absolute Gasteiger partial charge is 0.330 e. The fraction of sp³-hybridized carbons (Fsp3) is 0.667. The van der Waals surface area contributed by atoms with Crippen molar-refractivity contribution in [3.8, 4) is 0 Å². The molecule has 100 valence electrons. The topological polar surface area (TPSA) is 92.9 Å². The van der Waals surface area contributed by atoms with Gasteiger partial charge in [-0.1, -0.05) is 12.8 Å². The number of aromatic amines is 1. The number of anilines is 2. The Morgan fingerprint density at radius 2 is 2.00 bits per heavy atom. The van der Waals surface area contributed by atoms with Gasteiger partial charge in [0, 0.05) is 12.1 Å². The summed E-state index contributed by atoms with van der Waals surface area (Å²) in [7, 11) is 0. The van der Waals surface area contributed by atoms with Crippen LogP contribution in [-0.2, 0) is 6.54 Å². The van der Waals surface area contributed by atoms with Gasteiger partial charge in [0.15, 0.2) is 0 Å². The Morgan fingerprint density at radius 1 is 1.39 bits per heavy atom. The predicted molar refractivity (Wildman–Crippen MR) is 71.9 cm³/mol. The normalized spacial score (nSPS) is 17.9. The van der Waals surface area contributed by atoms with Crippen LogP contribution in [0.4, 0.5) is 11.5 Å². The molecular weight excluding hydrogens is 232 g/mol. The third-order valence-corrected chi connectivity index (χ3v) is 3.69. The lowest BCUT2D eigenvalue weighted by molar-refractivity contribution is 0.531. The van der Waals surface area contributed by atoms with Crippen molar-refractivity contribution in [2.75, 3.05) is 11.1 Å². The van der Waals surface area contributed by atoms with Gasteiger partial charge in [-0.25, -0.2) is 4.79 Å². The fourth-order valence-corrected chi connectivity index (χ4v) is 2.60. The molecule has 1 aliphatic rings. The molecule has 4 N–H and O–H groups in total. The lowest BCUT2D eigenvalue weighted by Crippen LogP contribution is -2.39. The third-order valence-electron chi connectivity index (χ3n) is 3.69. The number of H-pyrrole nitrogens is 1. The van der Waals surface area contributed by atoms with Gasteiger partial charge in [0.25, 0.3) is 5.56 Å². The Bertz CT molecular complexity index is 552. The van der Waals surface area contributed by atoms with Crippen LogP contribution in [0, 0.1) is 0 Å². The van der Waals surface area contributed by atoms with E-state index in [1.165, 1.54) is 4.57 Å². The van der Waals surface area contributed by atoms with Crippen molar-refractivity contribution in [2.45, 2.75) is 51.6 Å². The summed E-state index contributed by atoms with van der Waals surface area (Å²) >= 11 is 0. The van der Waals surface area contributed by atoms with Crippen molar-refractivity contribution < 1.29 is 0 Å². The average molecular weight is 252 g/mol. The zero-order valence-corrected chi connectivity index (χ0v) is 10.9. The van der Waals surface area contributed by atoms with E-state index >= 15 is 0 Å². The van der Waals surface area contributed by atoms with Gasteiger partial charge in [-0.05, 0) is 26.7 Å². The van der Waals surface area contributed by atoms with Gasteiger partial charge in [-0.2, -0.15) is 0 Å². The lowest BCUT2D eigenvalue weighted by Gasteiger charge is -2.27. The van der Waals surface area contributed by atoms with Gasteiger partial charge < -0.3 is 11.1 Å². The van der Waals surface area contributed by atoms with Gasteiger partial charge in [0.2, 0.25) is 0 Å². The maximum absolute atomic E-state index is 11.8. The van der Waals surface area contributed by atoms with E-state index in [-0.39, 0.29) is 11.4 Å². The minimum atomic E-state index is -0.456. The summed E-state index contributed by atoms with van der Waals surface area (Å²) < 4.78 is 1.36. The van der Waals surface area contributed by atoms with Gasteiger partial charge >= 0.3 is 5.69 Å². The molecule has 18 heavy (non-hydrogen) atoms.